The number of benzene rings is 1. The van der Waals surface area contributed by atoms with Crippen molar-refractivity contribution in [1.82, 2.24) is 10.6 Å². The highest BCUT2D eigenvalue weighted by Gasteiger charge is 2.07. The average Bonchev–Trinajstić information content (AvgIpc) is 3.04. The average molecular weight is 507 g/mol. The van der Waals surface area contributed by atoms with Gasteiger partial charge >= 0.3 is 0 Å². The molecule has 1 aromatic carbocycles. The van der Waals surface area contributed by atoms with Crippen LogP contribution in [0.15, 0.2) is 50.5 Å². The van der Waals surface area contributed by atoms with Crippen LogP contribution in [-0.4, -0.2) is 25.5 Å². The van der Waals surface area contributed by atoms with Crippen molar-refractivity contribution in [2.24, 2.45) is 4.99 Å². The predicted molar refractivity (Wildman–Crippen MR) is 110 cm³/mol. The molecule has 0 saturated carbocycles. The van der Waals surface area contributed by atoms with E-state index in [4.69, 9.17) is 4.42 Å². The molecule has 6 nitrogen and oxygen atoms in total. The Morgan fingerprint density at radius 1 is 1.29 bits per heavy atom. The third-order valence-electron chi connectivity index (χ3n) is 3.12. The zero-order valence-corrected chi connectivity index (χ0v) is 17.3. The van der Waals surface area contributed by atoms with E-state index in [1.807, 2.05) is 37.3 Å². The van der Waals surface area contributed by atoms with E-state index in [0.717, 1.165) is 21.5 Å². The fourth-order valence-corrected chi connectivity index (χ4v) is 2.25. The molecule has 0 atom stereocenters. The Hall–Kier alpha value is -1.55. The SMILES string of the molecule is CN=C(NCC(=O)Nc1cc(Br)ccc1C)NCc1ccco1.I. The van der Waals surface area contributed by atoms with E-state index >= 15 is 0 Å². The summed E-state index contributed by atoms with van der Waals surface area (Å²) in [6.45, 7) is 2.56. The smallest absolute Gasteiger partial charge is 0.243 e. The van der Waals surface area contributed by atoms with Crippen LogP contribution in [0.2, 0.25) is 0 Å². The number of anilines is 1. The summed E-state index contributed by atoms with van der Waals surface area (Å²) in [5.74, 6) is 1.18. The van der Waals surface area contributed by atoms with Crippen molar-refractivity contribution >= 4 is 57.5 Å². The Morgan fingerprint density at radius 2 is 2.08 bits per heavy atom. The molecule has 0 radical (unpaired) electrons. The maximum absolute atomic E-state index is 12.0. The zero-order chi connectivity index (χ0) is 16.7. The number of furan rings is 1. The topological polar surface area (TPSA) is 78.7 Å². The van der Waals surface area contributed by atoms with Gasteiger partial charge in [0.25, 0.3) is 0 Å². The van der Waals surface area contributed by atoms with Gasteiger partial charge < -0.3 is 20.4 Å². The zero-order valence-electron chi connectivity index (χ0n) is 13.4. The Morgan fingerprint density at radius 3 is 2.75 bits per heavy atom. The van der Waals surface area contributed by atoms with E-state index in [-0.39, 0.29) is 36.4 Å². The molecule has 1 amide bonds. The van der Waals surface area contributed by atoms with Crippen molar-refractivity contribution in [3.8, 4) is 0 Å². The van der Waals surface area contributed by atoms with Gasteiger partial charge in [-0.15, -0.1) is 24.0 Å². The van der Waals surface area contributed by atoms with Crippen LogP contribution in [0, 0.1) is 6.92 Å². The summed E-state index contributed by atoms with van der Waals surface area (Å²) in [5, 5.41) is 8.90. The molecule has 0 spiro atoms. The monoisotopic (exact) mass is 506 g/mol. The summed E-state index contributed by atoms with van der Waals surface area (Å²) in [4.78, 5) is 16.1. The number of nitrogens with one attached hydrogen (secondary N) is 3. The number of hydrogen-bond donors (Lipinski definition) is 3. The first kappa shape index (κ1) is 20.5. The molecule has 1 aromatic heterocycles. The van der Waals surface area contributed by atoms with E-state index in [0.29, 0.717) is 12.5 Å². The lowest BCUT2D eigenvalue weighted by Gasteiger charge is -2.12. The Bertz CT molecular complexity index is 689. The number of carbonyl (C=O) groups is 1. The third kappa shape index (κ3) is 6.52. The largest absolute Gasteiger partial charge is 0.467 e. The third-order valence-corrected chi connectivity index (χ3v) is 3.62. The normalized spacial score (nSPS) is 10.7. The molecule has 0 saturated heterocycles. The molecular weight excluding hydrogens is 487 g/mol. The lowest BCUT2D eigenvalue weighted by molar-refractivity contribution is -0.115. The van der Waals surface area contributed by atoms with Crippen LogP contribution in [0.3, 0.4) is 0 Å². The fourth-order valence-electron chi connectivity index (χ4n) is 1.89. The molecule has 0 unspecified atom stereocenters. The second kappa shape index (κ2) is 10.3. The van der Waals surface area contributed by atoms with Gasteiger partial charge in [-0.05, 0) is 36.8 Å². The van der Waals surface area contributed by atoms with E-state index < -0.39 is 0 Å². The van der Waals surface area contributed by atoms with Gasteiger partial charge in [0.1, 0.15) is 5.76 Å². The minimum Gasteiger partial charge on any atom is -0.467 e. The lowest BCUT2D eigenvalue weighted by Crippen LogP contribution is -2.41. The highest BCUT2D eigenvalue weighted by atomic mass is 127. The van der Waals surface area contributed by atoms with Gasteiger partial charge in [-0.25, -0.2) is 0 Å². The summed E-state index contributed by atoms with van der Waals surface area (Å²) in [6, 6.07) is 9.43. The second-order valence-corrected chi connectivity index (χ2v) is 5.78. The van der Waals surface area contributed by atoms with Gasteiger partial charge in [-0.2, -0.15) is 0 Å². The second-order valence-electron chi connectivity index (χ2n) is 4.87. The van der Waals surface area contributed by atoms with Gasteiger partial charge in [-0.1, -0.05) is 22.0 Å². The van der Waals surface area contributed by atoms with E-state index in [1.54, 1.807) is 13.3 Å². The van der Waals surface area contributed by atoms with E-state index in [2.05, 4.69) is 36.9 Å². The number of rotatable bonds is 5. The number of hydrogen-bond acceptors (Lipinski definition) is 3. The van der Waals surface area contributed by atoms with Crippen LogP contribution in [-0.2, 0) is 11.3 Å². The van der Waals surface area contributed by atoms with Gasteiger partial charge in [-0.3, -0.25) is 9.79 Å². The highest BCUT2D eigenvalue weighted by molar-refractivity contribution is 14.0. The number of carbonyl (C=O) groups excluding carboxylic acids is 1. The quantitative estimate of drug-likeness (QED) is 0.330. The maximum Gasteiger partial charge on any atom is 0.243 e. The van der Waals surface area contributed by atoms with Crippen molar-refractivity contribution in [3.63, 3.8) is 0 Å². The summed E-state index contributed by atoms with van der Waals surface area (Å²) in [6.07, 6.45) is 1.61. The number of halogens is 2. The van der Waals surface area contributed by atoms with Crippen molar-refractivity contribution in [1.29, 1.82) is 0 Å². The molecule has 2 aromatic rings. The first-order chi connectivity index (χ1) is 11.1. The summed E-state index contributed by atoms with van der Waals surface area (Å²) < 4.78 is 6.15. The van der Waals surface area contributed by atoms with Crippen molar-refractivity contribution < 1.29 is 9.21 Å². The molecule has 0 aliphatic heterocycles. The Labute approximate surface area is 166 Å². The van der Waals surface area contributed by atoms with Crippen LogP contribution in [0.25, 0.3) is 0 Å². The lowest BCUT2D eigenvalue weighted by atomic mass is 10.2. The van der Waals surface area contributed by atoms with E-state index in [1.165, 1.54) is 0 Å². The molecule has 0 bridgehead atoms. The van der Waals surface area contributed by atoms with Crippen LogP contribution in [0.4, 0.5) is 5.69 Å². The van der Waals surface area contributed by atoms with E-state index in [9.17, 15) is 4.79 Å². The minimum atomic E-state index is -0.146. The highest BCUT2D eigenvalue weighted by Crippen LogP contribution is 2.20. The molecule has 2 rings (SSSR count). The molecule has 1 heterocycles. The standard InChI is InChI=1S/C16H19BrN4O2.HI/c1-11-5-6-12(17)8-14(11)21-15(22)10-20-16(18-2)19-9-13-4-3-7-23-13;/h3-8H,9-10H2,1-2H3,(H,21,22)(H2,18,19,20);1H. The molecule has 24 heavy (non-hydrogen) atoms. The Kier molecular flexibility index (Phi) is 8.83. The van der Waals surface area contributed by atoms with Crippen molar-refractivity contribution in [2.75, 3.05) is 18.9 Å². The molecule has 0 fully saturated rings. The van der Waals surface area contributed by atoms with Crippen molar-refractivity contribution in [3.05, 3.63) is 52.4 Å². The molecule has 130 valence electrons. The van der Waals surface area contributed by atoms with Crippen LogP contribution in [0.1, 0.15) is 11.3 Å². The first-order valence-corrected chi connectivity index (χ1v) is 7.90. The number of aliphatic imine (C=N–C) groups is 1. The van der Waals surface area contributed by atoms with Gasteiger partial charge in [0.05, 0.1) is 19.4 Å². The van der Waals surface area contributed by atoms with Crippen LogP contribution < -0.4 is 16.0 Å². The number of nitrogens with zero attached hydrogens (tertiary/aromatic N) is 1. The number of aryl methyl sites for hydroxylation is 1. The molecule has 0 aliphatic rings. The van der Waals surface area contributed by atoms with Crippen LogP contribution >= 0.6 is 39.9 Å². The first-order valence-electron chi connectivity index (χ1n) is 7.11. The summed E-state index contributed by atoms with van der Waals surface area (Å²) in [7, 11) is 1.65. The predicted octanol–water partition coefficient (Wildman–Crippen LogP) is 3.27. The fraction of sp³-hybridized carbons (Fsp3) is 0.250. The summed E-state index contributed by atoms with van der Waals surface area (Å²) >= 11 is 3.39. The maximum atomic E-state index is 12.0. The van der Waals surface area contributed by atoms with Gasteiger partial charge in [0.15, 0.2) is 5.96 Å². The molecule has 0 aliphatic carbocycles. The van der Waals surface area contributed by atoms with Gasteiger partial charge in [0.2, 0.25) is 5.91 Å². The Balaban J connectivity index is 0.00000288. The minimum absolute atomic E-state index is 0. The molecule has 8 heteroatoms. The van der Waals surface area contributed by atoms with Crippen LogP contribution in [0.5, 0.6) is 0 Å². The molecular formula is C16H20BrIN4O2. The summed E-state index contributed by atoms with van der Waals surface area (Å²) in [5.41, 5.74) is 1.78. The number of amides is 1. The molecule has 3 N–H and O–H groups in total. The number of guanidine groups is 1. The van der Waals surface area contributed by atoms with Gasteiger partial charge in [0, 0.05) is 17.2 Å². The van der Waals surface area contributed by atoms with Crippen molar-refractivity contribution in [2.45, 2.75) is 13.5 Å².